The van der Waals surface area contributed by atoms with Crippen LogP contribution in [0.1, 0.15) is 24.4 Å². The van der Waals surface area contributed by atoms with Gasteiger partial charge in [0.2, 0.25) is 0 Å². The number of hydrogen-bond acceptors (Lipinski definition) is 6. The lowest BCUT2D eigenvalue weighted by atomic mass is 9.91. The molecule has 6 nitrogen and oxygen atoms in total. The third-order valence-electron chi connectivity index (χ3n) is 4.64. The first-order valence-electron chi connectivity index (χ1n) is 8.57. The van der Waals surface area contributed by atoms with Crippen molar-refractivity contribution in [1.29, 1.82) is 0 Å². The highest BCUT2D eigenvalue weighted by molar-refractivity contribution is 6.36. The van der Waals surface area contributed by atoms with E-state index in [0.717, 1.165) is 5.56 Å². The molecule has 0 spiro atoms. The number of methoxy groups -OCH3 is 2. The van der Waals surface area contributed by atoms with E-state index in [1.165, 1.54) is 20.3 Å². The van der Waals surface area contributed by atoms with Gasteiger partial charge in [0.05, 0.1) is 20.3 Å². The van der Waals surface area contributed by atoms with Gasteiger partial charge in [0.25, 0.3) is 0 Å². The van der Waals surface area contributed by atoms with Crippen LogP contribution in [0.25, 0.3) is 11.1 Å². The predicted molar refractivity (Wildman–Crippen MR) is 104 cm³/mol. The molecule has 0 bridgehead atoms. The molecular weight excluding hydrogens is 387 g/mol. The summed E-state index contributed by atoms with van der Waals surface area (Å²) in [5.41, 5.74) is 1.81. The summed E-state index contributed by atoms with van der Waals surface area (Å²) in [4.78, 5) is 27.4. The van der Waals surface area contributed by atoms with E-state index in [1.54, 1.807) is 30.3 Å². The quantitative estimate of drug-likeness (QED) is 0.532. The van der Waals surface area contributed by atoms with Crippen LogP contribution in [-0.2, 0) is 9.53 Å². The highest BCUT2D eigenvalue weighted by Crippen LogP contribution is 2.38. The van der Waals surface area contributed by atoms with Gasteiger partial charge in [-0.2, -0.15) is 4.91 Å². The number of aliphatic imine (C=N–C) groups is 1. The van der Waals surface area contributed by atoms with E-state index < -0.39 is 23.9 Å². The first-order valence-corrected chi connectivity index (χ1v) is 8.95. The van der Waals surface area contributed by atoms with E-state index in [0.29, 0.717) is 28.3 Å². The van der Waals surface area contributed by atoms with Crippen molar-refractivity contribution in [1.82, 2.24) is 0 Å². The normalized spacial score (nSPS) is 18.9. The van der Waals surface area contributed by atoms with Crippen LogP contribution in [0, 0.1) is 10.7 Å². The van der Waals surface area contributed by atoms with E-state index in [-0.39, 0.29) is 12.1 Å². The number of benzene rings is 2. The van der Waals surface area contributed by atoms with Gasteiger partial charge in [0.15, 0.2) is 0 Å². The molecule has 2 atom stereocenters. The van der Waals surface area contributed by atoms with Crippen LogP contribution in [0.3, 0.4) is 0 Å². The monoisotopic (exact) mass is 404 g/mol. The van der Waals surface area contributed by atoms with Crippen LogP contribution in [0.5, 0.6) is 5.75 Å². The number of nitroso groups, excluding NO2 is 1. The number of hydrogen-bond donors (Lipinski definition) is 0. The lowest BCUT2D eigenvalue weighted by Crippen LogP contribution is -2.27. The topological polar surface area (TPSA) is 77.3 Å². The van der Waals surface area contributed by atoms with Crippen LogP contribution < -0.4 is 4.74 Å². The highest BCUT2D eigenvalue weighted by atomic mass is 35.5. The fourth-order valence-electron chi connectivity index (χ4n) is 3.25. The average Bonchev–Trinajstić information content (AvgIpc) is 2.72. The van der Waals surface area contributed by atoms with Crippen LogP contribution in [0.2, 0.25) is 5.02 Å². The molecule has 0 saturated carbocycles. The predicted octanol–water partition coefficient (Wildman–Crippen LogP) is 4.74. The minimum absolute atomic E-state index is 0.151. The largest absolute Gasteiger partial charge is 0.496 e. The fraction of sp³-hybridized carbons (Fsp3) is 0.300. The van der Waals surface area contributed by atoms with Gasteiger partial charge in [-0.3, -0.25) is 4.99 Å². The number of carbonyl (C=O) groups is 1. The van der Waals surface area contributed by atoms with Gasteiger partial charge in [-0.05, 0) is 29.8 Å². The second-order valence-corrected chi connectivity index (χ2v) is 6.80. The Kier molecular flexibility index (Phi) is 6.04. The van der Waals surface area contributed by atoms with Gasteiger partial charge in [-0.1, -0.05) is 28.9 Å². The number of halogens is 2. The molecule has 0 fully saturated rings. The van der Waals surface area contributed by atoms with Gasteiger partial charge < -0.3 is 9.47 Å². The molecule has 2 unspecified atom stereocenters. The van der Waals surface area contributed by atoms with E-state index in [9.17, 15) is 14.1 Å². The molecule has 0 aliphatic carbocycles. The van der Waals surface area contributed by atoms with E-state index in [4.69, 9.17) is 21.1 Å². The van der Waals surface area contributed by atoms with Crippen LogP contribution in [0.15, 0.2) is 46.6 Å². The van der Waals surface area contributed by atoms with Gasteiger partial charge >= 0.3 is 5.97 Å². The molecular formula is C20H18ClFN2O4. The van der Waals surface area contributed by atoms with Gasteiger partial charge in [0.1, 0.15) is 23.3 Å². The van der Waals surface area contributed by atoms with Crippen LogP contribution >= 0.6 is 11.6 Å². The molecule has 1 aliphatic rings. The third kappa shape index (κ3) is 4.04. The van der Waals surface area contributed by atoms with Crippen molar-refractivity contribution in [2.75, 3.05) is 14.2 Å². The Morgan fingerprint density at radius 2 is 1.96 bits per heavy atom. The van der Waals surface area contributed by atoms with Crippen LogP contribution in [-0.4, -0.2) is 31.9 Å². The molecule has 1 heterocycles. The third-order valence-corrected chi connectivity index (χ3v) is 4.87. The number of ether oxygens (including phenoxy) is 2. The summed E-state index contributed by atoms with van der Waals surface area (Å²) in [7, 11) is 2.74. The second-order valence-electron chi connectivity index (χ2n) is 6.37. The van der Waals surface area contributed by atoms with E-state index in [1.807, 2.05) is 0 Å². The molecule has 28 heavy (non-hydrogen) atoms. The Hall–Kier alpha value is -2.80. The van der Waals surface area contributed by atoms with Crippen LogP contribution in [0.4, 0.5) is 4.39 Å². The summed E-state index contributed by atoms with van der Waals surface area (Å²) in [6, 6.07) is 8.59. The molecule has 0 saturated heterocycles. The average molecular weight is 405 g/mol. The Bertz CT molecular complexity index is 948. The fourth-order valence-corrected chi connectivity index (χ4v) is 3.41. The lowest BCUT2D eigenvalue weighted by Gasteiger charge is -2.24. The molecule has 0 radical (unpaired) electrons. The standard InChI is InChI=1S/C20H18ClFN2O4/c1-27-19-7-11(3-5-15(19)14-6-4-12(21)8-16(14)22)17-9-13(24-26)10-18(23-17)20(25)28-2/h3-8,13,17H,9-10H2,1-2H3. The zero-order valence-corrected chi connectivity index (χ0v) is 16.1. The summed E-state index contributed by atoms with van der Waals surface area (Å²) in [5, 5.41) is 3.39. The highest BCUT2D eigenvalue weighted by Gasteiger charge is 2.30. The smallest absolute Gasteiger partial charge is 0.352 e. The number of esters is 1. The van der Waals surface area contributed by atoms with Crippen molar-refractivity contribution in [2.45, 2.75) is 24.9 Å². The first-order chi connectivity index (χ1) is 13.5. The first kappa shape index (κ1) is 19.9. The minimum Gasteiger partial charge on any atom is -0.496 e. The lowest BCUT2D eigenvalue weighted by molar-refractivity contribution is -0.132. The Labute approximate surface area is 166 Å². The summed E-state index contributed by atoms with van der Waals surface area (Å²) >= 11 is 5.83. The zero-order valence-electron chi connectivity index (χ0n) is 15.3. The van der Waals surface area contributed by atoms with Crippen molar-refractivity contribution >= 4 is 23.3 Å². The zero-order chi connectivity index (χ0) is 20.3. The Morgan fingerprint density at radius 3 is 2.61 bits per heavy atom. The van der Waals surface area contributed by atoms with E-state index in [2.05, 4.69) is 10.2 Å². The maximum absolute atomic E-state index is 14.3. The molecule has 1 aliphatic heterocycles. The van der Waals surface area contributed by atoms with Gasteiger partial charge in [0, 0.05) is 29.0 Å². The summed E-state index contributed by atoms with van der Waals surface area (Å²) in [5.74, 6) is -0.604. The summed E-state index contributed by atoms with van der Waals surface area (Å²) < 4.78 is 24.5. The van der Waals surface area contributed by atoms with E-state index >= 15 is 0 Å². The molecule has 146 valence electrons. The van der Waals surface area contributed by atoms with Crippen molar-refractivity contribution in [3.63, 3.8) is 0 Å². The molecule has 0 N–H and O–H groups in total. The SMILES string of the molecule is COC(=O)C1=NC(c2ccc(-c3ccc(Cl)cc3F)c(OC)c2)CC(N=O)C1. The Balaban J connectivity index is 2.01. The molecule has 0 amide bonds. The van der Waals surface area contributed by atoms with Gasteiger partial charge in [-0.15, -0.1) is 0 Å². The maximum Gasteiger partial charge on any atom is 0.352 e. The second kappa shape index (κ2) is 8.48. The summed E-state index contributed by atoms with van der Waals surface area (Å²) in [6.07, 6.45) is 0.514. The molecule has 8 heteroatoms. The Morgan fingerprint density at radius 1 is 1.21 bits per heavy atom. The number of rotatable bonds is 5. The minimum atomic E-state index is -0.579. The summed E-state index contributed by atoms with van der Waals surface area (Å²) in [6.45, 7) is 0. The van der Waals surface area contributed by atoms with Crippen molar-refractivity contribution in [3.05, 3.63) is 57.7 Å². The molecule has 0 aromatic heterocycles. The molecule has 2 aromatic rings. The van der Waals surface area contributed by atoms with Crippen molar-refractivity contribution in [3.8, 4) is 16.9 Å². The van der Waals surface area contributed by atoms with Gasteiger partial charge in [-0.25, -0.2) is 9.18 Å². The van der Waals surface area contributed by atoms with Crippen molar-refractivity contribution < 1.29 is 18.7 Å². The molecule has 2 aromatic carbocycles. The maximum atomic E-state index is 14.3. The van der Waals surface area contributed by atoms with Crippen molar-refractivity contribution in [2.24, 2.45) is 10.2 Å². The molecule has 3 rings (SSSR count). The number of nitrogens with zero attached hydrogens (tertiary/aromatic N) is 2. The number of carbonyl (C=O) groups excluding carboxylic acids is 1.